The Hall–Kier alpha value is -0.850. The predicted octanol–water partition coefficient (Wildman–Crippen LogP) is 14.0. The summed E-state index contributed by atoms with van der Waals surface area (Å²) < 4.78 is 11.2. The van der Waals surface area contributed by atoms with E-state index >= 15 is 0 Å². The average molecular weight is 985 g/mol. The number of carbonyl (C=O) groups excluding carboxylic acids is 1. The summed E-state index contributed by atoms with van der Waals surface area (Å²) in [5, 5.41) is 65.1. The van der Waals surface area contributed by atoms with Gasteiger partial charge in [0, 0.05) is 0 Å². The zero-order valence-corrected chi connectivity index (χ0v) is 45.5. The average Bonchev–Trinajstić information content (AvgIpc) is 3.35. The first-order valence-electron chi connectivity index (χ1n) is 30.3. The number of aliphatic hydroxyl groups excluding tert-OH is 6. The van der Waals surface area contributed by atoms with Crippen molar-refractivity contribution in [2.45, 2.75) is 358 Å². The second-order valence-electron chi connectivity index (χ2n) is 21.7. The zero-order valence-electron chi connectivity index (χ0n) is 45.5. The molecule has 10 heteroatoms. The van der Waals surface area contributed by atoms with Gasteiger partial charge in [-0.2, -0.15) is 0 Å². The highest BCUT2D eigenvalue weighted by atomic mass is 16.7. The summed E-state index contributed by atoms with van der Waals surface area (Å²) >= 11 is 0. The van der Waals surface area contributed by atoms with Gasteiger partial charge < -0.3 is 45.4 Å². The van der Waals surface area contributed by atoms with Gasteiger partial charge in [0.05, 0.1) is 25.4 Å². The predicted molar refractivity (Wildman–Crippen MR) is 287 cm³/mol. The van der Waals surface area contributed by atoms with E-state index in [1.807, 2.05) is 0 Å². The van der Waals surface area contributed by atoms with Gasteiger partial charge in [0.2, 0.25) is 5.91 Å². The third-order valence-electron chi connectivity index (χ3n) is 15.1. The zero-order chi connectivity index (χ0) is 50.3. The van der Waals surface area contributed by atoms with Crippen LogP contribution in [0.3, 0.4) is 0 Å². The molecule has 10 nitrogen and oxygen atoms in total. The van der Waals surface area contributed by atoms with Crippen molar-refractivity contribution in [1.29, 1.82) is 0 Å². The Morgan fingerprint density at radius 3 is 1.03 bits per heavy atom. The third-order valence-corrected chi connectivity index (χ3v) is 15.1. The first-order valence-corrected chi connectivity index (χ1v) is 30.3. The van der Waals surface area contributed by atoms with Crippen LogP contribution < -0.4 is 5.32 Å². The van der Waals surface area contributed by atoms with Gasteiger partial charge in [-0.1, -0.05) is 296 Å². The molecule has 1 heterocycles. The molecule has 0 bridgehead atoms. The smallest absolute Gasteiger partial charge is 0.249 e. The lowest BCUT2D eigenvalue weighted by Crippen LogP contribution is -2.60. The second-order valence-corrected chi connectivity index (χ2v) is 21.7. The number of aliphatic hydroxyl groups is 6. The molecule has 0 radical (unpaired) electrons. The lowest BCUT2D eigenvalue weighted by atomic mass is 9.99. The SMILES string of the molecule is CCCCCCCCCCCCCCCCCCCCCCCCCCCCCCCCCCC(O)C(=O)NC(COC1OC(CO)C(O)C(O)C1O)C(O)CCCCCCCCCCCCCC. The standard InChI is InChI=1S/C59H117NO9/c1-3-5-7-9-11-13-15-17-18-19-20-21-22-23-24-25-26-27-28-29-30-31-32-33-34-35-36-38-40-42-44-46-48-53(63)58(67)60-51(50-68-59-57(66)56(65)55(64)54(49-61)69-59)52(62)47-45-43-41-39-37-16-14-12-10-8-6-4-2/h51-57,59,61-66H,3-50H2,1-2H3,(H,60,67). The topological polar surface area (TPSA) is 169 Å². The molecule has 1 fully saturated rings. The summed E-state index contributed by atoms with van der Waals surface area (Å²) in [5.41, 5.74) is 0. The van der Waals surface area contributed by atoms with Crippen LogP contribution in [-0.2, 0) is 14.3 Å². The van der Waals surface area contributed by atoms with Gasteiger partial charge in [0.25, 0.3) is 0 Å². The highest BCUT2D eigenvalue weighted by molar-refractivity contribution is 5.80. The maximum absolute atomic E-state index is 13.1. The van der Waals surface area contributed by atoms with Gasteiger partial charge in [-0.15, -0.1) is 0 Å². The molecule has 0 aliphatic carbocycles. The van der Waals surface area contributed by atoms with E-state index in [9.17, 15) is 35.4 Å². The lowest BCUT2D eigenvalue weighted by Gasteiger charge is -2.40. The highest BCUT2D eigenvalue weighted by Gasteiger charge is 2.44. The van der Waals surface area contributed by atoms with Crippen molar-refractivity contribution < 1.29 is 44.9 Å². The first-order chi connectivity index (χ1) is 33.8. The van der Waals surface area contributed by atoms with Gasteiger partial charge in [-0.3, -0.25) is 4.79 Å². The van der Waals surface area contributed by atoms with Crippen molar-refractivity contribution >= 4 is 5.91 Å². The summed E-state index contributed by atoms with van der Waals surface area (Å²) in [5.74, 6) is -0.577. The first kappa shape index (κ1) is 66.2. The molecule has 0 aromatic rings. The molecule has 0 aromatic carbocycles. The molecule has 0 aromatic heterocycles. The molecule has 8 atom stereocenters. The van der Waals surface area contributed by atoms with Crippen LogP contribution in [0.1, 0.15) is 309 Å². The van der Waals surface area contributed by atoms with Crippen molar-refractivity contribution in [3.8, 4) is 0 Å². The molecule has 69 heavy (non-hydrogen) atoms. The van der Waals surface area contributed by atoms with Gasteiger partial charge in [0.15, 0.2) is 6.29 Å². The number of unbranched alkanes of at least 4 members (excludes halogenated alkanes) is 42. The van der Waals surface area contributed by atoms with E-state index in [1.54, 1.807) is 0 Å². The van der Waals surface area contributed by atoms with E-state index in [1.165, 1.54) is 238 Å². The molecule has 1 rings (SSSR count). The van der Waals surface area contributed by atoms with E-state index in [2.05, 4.69) is 19.2 Å². The van der Waals surface area contributed by atoms with E-state index < -0.39 is 61.5 Å². The summed E-state index contributed by atoms with van der Waals surface area (Å²) in [6.07, 6.45) is 49.1. The lowest BCUT2D eigenvalue weighted by molar-refractivity contribution is -0.302. The van der Waals surface area contributed by atoms with Crippen LogP contribution >= 0.6 is 0 Å². The minimum absolute atomic E-state index is 0.250. The molecule has 0 saturated carbocycles. The number of amides is 1. The maximum atomic E-state index is 13.1. The summed E-state index contributed by atoms with van der Waals surface area (Å²) in [7, 11) is 0. The number of carbonyl (C=O) groups is 1. The Kier molecular flexibility index (Phi) is 47.3. The monoisotopic (exact) mass is 984 g/mol. The number of nitrogens with one attached hydrogen (secondary N) is 1. The normalized spacial score (nSPS) is 19.8. The van der Waals surface area contributed by atoms with Crippen LogP contribution in [0.15, 0.2) is 0 Å². The quantitative estimate of drug-likeness (QED) is 0.0293. The van der Waals surface area contributed by atoms with Gasteiger partial charge >= 0.3 is 0 Å². The van der Waals surface area contributed by atoms with Crippen molar-refractivity contribution in [3.05, 3.63) is 0 Å². The van der Waals surface area contributed by atoms with Gasteiger partial charge in [0.1, 0.15) is 30.5 Å². The van der Waals surface area contributed by atoms with Gasteiger partial charge in [-0.25, -0.2) is 0 Å². The molecular formula is C59H117NO9. The Balaban J connectivity index is 2.10. The third kappa shape index (κ3) is 38.4. The summed E-state index contributed by atoms with van der Waals surface area (Å²) in [6.45, 7) is 3.70. The Bertz CT molecular complexity index is 1070. The van der Waals surface area contributed by atoms with E-state index in [0.717, 1.165) is 44.9 Å². The molecule has 1 amide bonds. The van der Waals surface area contributed by atoms with Crippen LogP contribution in [0.4, 0.5) is 0 Å². The number of ether oxygens (including phenoxy) is 2. The van der Waals surface area contributed by atoms with Crippen molar-refractivity contribution in [3.63, 3.8) is 0 Å². The second kappa shape index (κ2) is 49.4. The number of hydrogen-bond acceptors (Lipinski definition) is 9. The van der Waals surface area contributed by atoms with E-state index in [-0.39, 0.29) is 6.61 Å². The van der Waals surface area contributed by atoms with Crippen molar-refractivity contribution in [2.75, 3.05) is 13.2 Å². The van der Waals surface area contributed by atoms with Crippen LogP contribution in [0, 0.1) is 0 Å². The van der Waals surface area contributed by atoms with Crippen LogP contribution in [0.5, 0.6) is 0 Å². The fourth-order valence-corrected chi connectivity index (χ4v) is 10.2. The number of hydrogen-bond donors (Lipinski definition) is 7. The fourth-order valence-electron chi connectivity index (χ4n) is 10.2. The number of rotatable bonds is 53. The Morgan fingerprint density at radius 2 is 0.725 bits per heavy atom. The maximum Gasteiger partial charge on any atom is 0.249 e. The Morgan fingerprint density at radius 1 is 0.435 bits per heavy atom. The van der Waals surface area contributed by atoms with E-state index in [0.29, 0.717) is 12.8 Å². The Labute approximate surface area is 426 Å². The molecule has 1 aliphatic heterocycles. The highest BCUT2D eigenvalue weighted by Crippen LogP contribution is 2.24. The minimum atomic E-state index is -1.59. The largest absolute Gasteiger partial charge is 0.394 e. The van der Waals surface area contributed by atoms with Crippen LogP contribution in [0.2, 0.25) is 0 Å². The van der Waals surface area contributed by atoms with Crippen LogP contribution in [-0.4, -0.2) is 98.7 Å². The fraction of sp³-hybridized carbons (Fsp3) is 0.983. The molecule has 8 unspecified atom stereocenters. The van der Waals surface area contributed by atoms with Crippen molar-refractivity contribution in [1.82, 2.24) is 5.32 Å². The molecule has 7 N–H and O–H groups in total. The summed E-state index contributed by atoms with van der Waals surface area (Å²) in [6, 6.07) is -0.888. The molecular weight excluding hydrogens is 867 g/mol. The van der Waals surface area contributed by atoms with E-state index in [4.69, 9.17) is 9.47 Å². The molecule has 0 spiro atoms. The van der Waals surface area contributed by atoms with Crippen molar-refractivity contribution in [2.24, 2.45) is 0 Å². The summed E-state index contributed by atoms with van der Waals surface area (Å²) in [4.78, 5) is 13.1. The minimum Gasteiger partial charge on any atom is -0.394 e. The van der Waals surface area contributed by atoms with Crippen LogP contribution in [0.25, 0.3) is 0 Å². The molecule has 412 valence electrons. The van der Waals surface area contributed by atoms with Gasteiger partial charge in [-0.05, 0) is 12.8 Å². The molecule has 1 saturated heterocycles. The molecule has 1 aliphatic rings.